The van der Waals surface area contributed by atoms with E-state index in [1.165, 1.54) is 0 Å². The lowest BCUT2D eigenvalue weighted by atomic mass is 10.0. The molecule has 1 aliphatic heterocycles. The second kappa shape index (κ2) is 8.66. The van der Waals surface area contributed by atoms with E-state index in [-0.39, 0.29) is 12.1 Å². The summed E-state index contributed by atoms with van der Waals surface area (Å²) in [5.41, 5.74) is 0.499. The topological polar surface area (TPSA) is 54.9 Å². The largest absolute Gasteiger partial charge is 0.444 e. The fourth-order valence-corrected chi connectivity index (χ4v) is 3.56. The molecule has 0 aromatic carbocycles. The molecular weight excluding hydrogens is 410 g/mol. The molecular formula is C17H25BrClN3O3. The Hall–Kier alpha value is -0.890. The quantitative estimate of drug-likeness (QED) is 0.676. The van der Waals surface area contributed by atoms with Gasteiger partial charge in [0.15, 0.2) is 0 Å². The van der Waals surface area contributed by atoms with Gasteiger partial charge in [0.05, 0.1) is 12.6 Å². The molecule has 0 N–H and O–H groups in total. The third kappa shape index (κ3) is 6.09. The number of carbonyl (C=O) groups is 1. The summed E-state index contributed by atoms with van der Waals surface area (Å²) in [4.78, 5) is 20.7. The van der Waals surface area contributed by atoms with Crippen LogP contribution in [0.3, 0.4) is 0 Å². The summed E-state index contributed by atoms with van der Waals surface area (Å²) in [5, 5.41) is 0.422. The average Bonchev–Trinajstić information content (AvgIpc) is 2.50. The second-order valence-corrected chi connectivity index (χ2v) is 8.22. The standard InChI is InChI=1S/C17H25BrClN3O3/c1-17(2,3)25-16(23)22-6-5-21(7-8-24-4)13(11-22)12-9-14(18)20-15(19)10-12/h9-10,13H,5-8,11H2,1-4H3/t13-/m1/s1. The van der Waals surface area contributed by atoms with E-state index in [2.05, 4.69) is 25.8 Å². The predicted octanol–water partition coefficient (Wildman–Crippen LogP) is 3.74. The summed E-state index contributed by atoms with van der Waals surface area (Å²) in [7, 11) is 1.69. The van der Waals surface area contributed by atoms with Crippen LogP contribution in [0, 0.1) is 0 Å². The third-order valence-corrected chi connectivity index (χ3v) is 4.50. The molecule has 6 nitrogen and oxygen atoms in total. The Morgan fingerprint density at radius 1 is 1.40 bits per heavy atom. The van der Waals surface area contributed by atoms with Gasteiger partial charge in [-0.05, 0) is 54.4 Å². The van der Waals surface area contributed by atoms with Gasteiger partial charge in [0.2, 0.25) is 0 Å². The average molecular weight is 435 g/mol. The van der Waals surface area contributed by atoms with E-state index in [0.29, 0.717) is 29.5 Å². The van der Waals surface area contributed by atoms with Gasteiger partial charge in [-0.1, -0.05) is 11.6 Å². The van der Waals surface area contributed by atoms with Gasteiger partial charge in [-0.3, -0.25) is 4.90 Å². The van der Waals surface area contributed by atoms with Gasteiger partial charge in [-0.25, -0.2) is 9.78 Å². The van der Waals surface area contributed by atoms with Crippen LogP contribution >= 0.6 is 27.5 Å². The number of amides is 1. The molecule has 1 amide bonds. The molecule has 0 spiro atoms. The number of methoxy groups -OCH3 is 1. The molecule has 0 aliphatic carbocycles. The van der Waals surface area contributed by atoms with Crippen molar-refractivity contribution in [2.75, 3.05) is 39.9 Å². The van der Waals surface area contributed by atoms with E-state index in [1.807, 2.05) is 32.9 Å². The van der Waals surface area contributed by atoms with Crippen molar-refractivity contribution in [2.24, 2.45) is 0 Å². The molecule has 0 radical (unpaired) electrons. The molecule has 140 valence electrons. The van der Waals surface area contributed by atoms with Gasteiger partial charge >= 0.3 is 6.09 Å². The van der Waals surface area contributed by atoms with Crippen LogP contribution in [0.1, 0.15) is 32.4 Å². The molecule has 1 saturated heterocycles. The van der Waals surface area contributed by atoms with Crippen molar-refractivity contribution >= 4 is 33.6 Å². The smallest absolute Gasteiger partial charge is 0.410 e. The number of hydrogen-bond acceptors (Lipinski definition) is 5. The fraction of sp³-hybridized carbons (Fsp3) is 0.647. The first-order valence-electron chi connectivity index (χ1n) is 8.23. The van der Waals surface area contributed by atoms with E-state index in [1.54, 1.807) is 12.0 Å². The van der Waals surface area contributed by atoms with Crippen LogP contribution in [-0.4, -0.2) is 66.4 Å². The van der Waals surface area contributed by atoms with Crippen LogP contribution in [0.2, 0.25) is 5.15 Å². The predicted molar refractivity (Wildman–Crippen MR) is 101 cm³/mol. The Kier molecular flexibility index (Phi) is 7.08. The number of halogens is 2. The first-order valence-corrected chi connectivity index (χ1v) is 9.40. The zero-order valence-corrected chi connectivity index (χ0v) is 17.4. The molecule has 1 aromatic heterocycles. The first kappa shape index (κ1) is 20.4. The molecule has 1 aliphatic rings. The maximum atomic E-state index is 12.5. The summed E-state index contributed by atoms with van der Waals surface area (Å²) >= 11 is 9.51. The molecule has 2 rings (SSSR count). The van der Waals surface area contributed by atoms with E-state index in [9.17, 15) is 4.79 Å². The number of aromatic nitrogens is 1. The van der Waals surface area contributed by atoms with E-state index >= 15 is 0 Å². The number of rotatable bonds is 4. The maximum Gasteiger partial charge on any atom is 0.410 e. The zero-order chi connectivity index (χ0) is 18.6. The molecule has 0 unspecified atom stereocenters. The van der Waals surface area contributed by atoms with Gasteiger partial charge in [0, 0.05) is 33.3 Å². The van der Waals surface area contributed by atoms with Gasteiger partial charge in [-0.15, -0.1) is 0 Å². The van der Waals surface area contributed by atoms with Crippen LogP contribution in [0.25, 0.3) is 0 Å². The molecule has 25 heavy (non-hydrogen) atoms. The summed E-state index contributed by atoms with van der Waals surface area (Å²) in [5.74, 6) is 0. The SMILES string of the molecule is COCCN1CCN(C(=O)OC(C)(C)C)C[C@@H]1c1cc(Cl)nc(Br)c1. The number of nitrogens with zero attached hydrogens (tertiary/aromatic N) is 3. The Balaban J connectivity index is 2.21. The zero-order valence-electron chi connectivity index (χ0n) is 15.1. The van der Waals surface area contributed by atoms with Crippen molar-refractivity contribution in [3.8, 4) is 0 Å². The highest BCUT2D eigenvalue weighted by Crippen LogP contribution is 2.29. The van der Waals surface area contributed by atoms with Crippen molar-refractivity contribution < 1.29 is 14.3 Å². The highest BCUT2D eigenvalue weighted by molar-refractivity contribution is 9.10. The van der Waals surface area contributed by atoms with Crippen LogP contribution in [0.5, 0.6) is 0 Å². The number of hydrogen-bond donors (Lipinski definition) is 0. The molecule has 0 saturated carbocycles. The second-order valence-electron chi connectivity index (χ2n) is 7.02. The number of carbonyl (C=O) groups excluding carboxylic acids is 1. The van der Waals surface area contributed by atoms with Crippen molar-refractivity contribution in [1.82, 2.24) is 14.8 Å². The monoisotopic (exact) mass is 433 g/mol. The third-order valence-electron chi connectivity index (χ3n) is 3.90. The Labute approximate surface area is 162 Å². The normalized spacial score (nSPS) is 19.1. The minimum Gasteiger partial charge on any atom is -0.444 e. The molecule has 1 fully saturated rings. The lowest BCUT2D eigenvalue weighted by Gasteiger charge is -2.41. The lowest BCUT2D eigenvalue weighted by molar-refractivity contribution is -0.000218. The molecule has 0 bridgehead atoms. The van der Waals surface area contributed by atoms with Gasteiger partial charge in [0.1, 0.15) is 15.4 Å². The van der Waals surface area contributed by atoms with E-state index in [0.717, 1.165) is 18.7 Å². The van der Waals surface area contributed by atoms with Crippen molar-refractivity contribution in [2.45, 2.75) is 32.4 Å². The van der Waals surface area contributed by atoms with Crippen LogP contribution < -0.4 is 0 Å². The maximum absolute atomic E-state index is 12.5. The highest BCUT2D eigenvalue weighted by atomic mass is 79.9. The minimum absolute atomic E-state index is 0.00761. The Morgan fingerprint density at radius 3 is 2.72 bits per heavy atom. The summed E-state index contributed by atoms with van der Waals surface area (Å²) in [6.45, 7) is 8.92. The summed E-state index contributed by atoms with van der Waals surface area (Å²) in [6.07, 6.45) is -0.289. The van der Waals surface area contributed by atoms with Crippen LogP contribution in [0.15, 0.2) is 16.7 Å². The number of pyridine rings is 1. The van der Waals surface area contributed by atoms with Crippen LogP contribution in [-0.2, 0) is 9.47 Å². The van der Waals surface area contributed by atoms with Crippen molar-refractivity contribution in [1.29, 1.82) is 0 Å². The van der Waals surface area contributed by atoms with E-state index in [4.69, 9.17) is 21.1 Å². The number of ether oxygens (including phenoxy) is 2. The fourth-order valence-electron chi connectivity index (χ4n) is 2.78. The summed E-state index contributed by atoms with van der Waals surface area (Å²) < 4.78 is 11.4. The molecule has 1 aromatic rings. The Morgan fingerprint density at radius 2 is 2.12 bits per heavy atom. The highest BCUT2D eigenvalue weighted by Gasteiger charge is 2.33. The van der Waals surface area contributed by atoms with Gasteiger partial charge in [-0.2, -0.15) is 0 Å². The van der Waals surface area contributed by atoms with Crippen LogP contribution in [0.4, 0.5) is 4.79 Å². The Bertz CT molecular complexity index is 589. The summed E-state index contributed by atoms with van der Waals surface area (Å²) in [6, 6.07) is 3.79. The van der Waals surface area contributed by atoms with Gasteiger partial charge < -0.3 is 14.4 Å². The van der Waals surface area contributed by atoms with Crippen molar-refractivity contribution in [3.05, 3.63) is 27.5 Å². The lowest BCUT2D eigenvalue weighted by Crippen LogP contribution is -2.52. The number of piperazine rings is 1. The minimum atomic E-state index is -0.511. The molecule has 1 atom stereocenters. The molecule has 2 heterocycles. The first-order chi connectivity index (χ1) is 11.7. The van der Waals surface area contributed by atoms with Crippen molar-refractivity contribution in [3.63, 3.8) is 0 Å². The van der Waals surface area contributed by atoms with E-state index < -0.39 is 5.60 Å². The molecule has 8 heteroatoms. The van der Waals surface area contributed by atoms with Gasteiger partial charge in [0.25, 0.3) is 0 Å².